The van der Waals surface area contributed by atoms with Crippen LogP contribution in [0.15, 0.2) is 30.9 Å². The minimum atomic E-state index is -0.819. The smallest absolute Gasteiger partial charge is 0.409 e. The molecule has 0 saturated carbocycles. The maximum Gasteiger partial charge on any atom is 0.409 e. The molecule has 2 heterocycles. The Morgan fingerprint density at radius 2 is 2.07 bits per heavy atom. The third-order valence-corrected chi connectivity index (χ3v) is 5.36. The maximum absolute atomic E-state index is 12.4. The van der Waals surface area contributed by atoms with E-state index in [1.165, 1.54) is 11.0 Å². The highest BCUT2D eigenvalue weighted by Crippen LogP contribution is 2.44. The number of hydrogen-bond acceptors (Lipinski definition) is 7. The average molecular weight is 401 g/mol. The molecule has 1 aromatic rings. The number of fused-ring (bicyclic) bond motifs is 4. The maximum atomic E-state index is 12.4. The summed E-state index contributed by atoms with van der Waals surface area (Å²) in [6.07, 6.45) is 2.67. The molecule has 1 aromatic carbocycles. The zero-order valence-corrected chi connectivity index (χ0v) is 16.1. The van der Waals surface area contributed by atoms with Crippen LogP contribution < -0.4 is 9.47 Å². The molecule has 8 heteroatoms. The Morgan fingerprint density at radius 3 is 2.79 bits per heavy atom. The van der Waals surface area contributed by atoms with Gasteiger partial charge in [-0.2, -0.15) is 0 Å². The lowest BCUT2D eigenvalue weighted by Crippen LogP contribution is -2.41. The van der Waals surface area contributed by atoms with E-state index in [1.54, 1.807) is 19.2 Å². The van der Waals surface area contributed by atoms with E-state index in [0.29, 0.717) is 42.0 Å². The van der Waals surface area contributed by atoms with Gasteiger partial charge in [-0.3, -0.25) is 0 Å². The van der Waals surface area contributed by atoms with Crippen LogP contribution in [-0.4, -0.2) is 61.3 Å². The van der Waals surface area contributed by atoms with Crippen molar-refractivity contribution in [1.29, 1.82) is 0 Å². The van der Waals surface area contributed by atoms with Gasteiger partial charge in [-0.1, -0.05) is 18.7 Å². The molecule has 0 saturated heterocycles. The number of aliphatic hydroxyl groups excluding tert-OH is 1. The predicted octanol–water partition coefficient (Wildman–Crippen LogP) is 2.36. The summed E-state index contributed by atoms with van der Waals surface area (Å²) in [4.78, 5) is 25.8. The van der Waals surface area contributed by atoms with E-state index in [2.05, 4.69) is 6.58 Å². The first-order valence-corrected chi connectivity index (χ1v) is 9.51. The molecule has 0 bridgehead atoms. The number of rotatable bonds is 5. The van der Waals surface area contributed by atoms with E-state index in [4.69, 9.17) is 18.9 Å². The molecule has 0 radical (unpaired) electrons. The largest absolute Gasteiger partial charge is 0.454 e. The number of allylic oxidation sites excluding steroid dienone is 1. The first-order valence-electron chi connectivity index (χ1n) is 9.51. The molecular weight excluding hydrogens is 378 g/mol. The molecule has 1 aliphatic carbocycles. The fraction of sp³-hybridized carbons (Fsp3) is 0.429. The van der Waals surface area contributed by atoms with Gasteiger partial charge in [0.1, 0.15) is 6.61 Å². The summed E-state index contributed by atoms with van der Waals surface area (Å²) >= 11 is 0. The highest BCUT2D eigenvalue weighted by molar-refractivity contribution is 6.00. The highest BCUT2D eigenvalue weighted by Gasteiger charge is 2.40. The summed E-state index contributed by atoms with van der Waals surface area (Å²) in [6.45, 7) is 4.26. The van der Waals surface area contributed by atoms with Crippen molar-refractivity contribution in [2.24, 2.45) is 5.92 Å². The van der Waals surface area contributed by atoms with Crippen molar-refractivity contribution in [2.45, 2.75) is 25.0 Å². The molecule has 1 amide bonds. The number of esters is 1. The number of aliphatic hydroxyl groups is 1. The van der Waals surface area contributed by atoms with Crippen LogP contribution >= 0.6 is 0 Å². The van der Waals surface area contributed by atoms with Gasteiger partial charge in [0, 0.05) is 13.6 Å². The van der Waals surface area contributed by atoms with E-state index in [-0.39, 0.29) is 19.3 Å². The summed E-state index contributed by atoms with van der Waals surface area (Å²) in [7, 11) is 1.67. The summed E-state index contributed by atoms with van der Waals surface area (Å²) in [5.74, 6) is 0.607. The zero-order valence-electron chi connectivity index (χ0n) is 16.1. The monoisotopic (exact) mass is 401 g/mol. The average Bonchev–Trinajstić information content (AvgIpc) is 3.17. The van der Waals surface area contributed by atoms with Crippen LogP contribution in [0.4, 0.5) is 4.79 Å². The number of hydrogen-bond donors (Lipinski definition) is 1. The third kappa shape index (κ3) is 3.67. The van der Waals surface area contributed by atoms with E-state index >= 15 is 0 Å². The van der Waals surface area contributed by atoms with Crippen molar-refractivity contribution >= 4 is 17.6 Å². The number of carbonyl (C=O) groups excluding carboxylic acids is 2. The second kappa shape index (κ2) is 7.79. The molecule has 0 fully saturated rings. The summed E-state index contributed by atoms with van der Waals surface area (Å²) in [5, 5.41) is 10.6. The van der Waals surface area contributed by atoms with E-state index in [1.807, 2.05) is 6.08 Å². The van der Waals surface area contributed by atoms with Gasteiger partial charge in [-0.15, -0.1) is 0 Å². The van der Waals surface area contributed by atoms with Gasteiger partial charge in [0.05, 0.1) is 11.7 Å². The number of ether oxygens (including phenoxy) is 4. The number of benzene rings is 1. The Bertz CT molecular complexity index is 878. The molecule has 0 aromatic heterocycles. The van der Waals surface area contributed by atoms with Crippen LogP contribution in [-0.2, 0) is 9.47 Å². The van der Waals surface area contributed by atoms with Crippen LogP contribution in [0.2, 0.25) is 0 Å². The molecule has 3 aliphatic rings. The molecule has 3 atom stereocenters. The van der Waals surface area contributed by atoms with Gasteiger partial charge in [0.25, 0.3) is 0 Å². The molecule has 2 aliphatic heterocycles. The van der Waals surface area contributed by atoms with Gasteiger partial charge in [0.15, 0.2) is 17.6 Å². The van der Waals surface area contributed by atoms with Crippen LogP contribution in [0.1, 0.15) is 28.8 Å². The van der Waals surface area contributed by atoms with Crippen LogP contribution in [0.3, 0.4) is 0 Å². The zero-order chi connectivity index (χ0) is 20.5. The Balaban J connectivity index is 1.55. The van der Waals surface area contributed by atoms with Gasteiger partial charge < -0.3 is 29.0 Å². The van der Waals surface area contributed by atoms with E-state index < -0.39 is 24.3 Å². The number of amides is 1. The van der Waals surface area contributed by atoms with E-state index in [9.17, 15) is 14.7 Å². The van der Waals surface area contributed by atoms with Crippen molar-refractivity contribution in [3.63, 3.8) is 0 Å². The standard InChI is InChI=1S/C21H23NO7/c1-3-6-26-21(25)22(2)5-4-12-7-14-13-9-17-18(28-11-27-17)10-15(13)20(24)29-19(14)16(23)8-12/h3,7,9-10,12,16,19,23H,1,4-6,8,11H2,2H3/t12-,16-,19+/m0/s1. The van der Waals surface area contributed by atoms with Crippen molar-refractivity contribution in [3.8, 4) is 11.5 Å². The summed E-state index contributed by atoms with van der Waals surface area (Å²) in [6, 6.07) is 3.39. The third-order valence-electron chi connectivity index (χ3n) is 5.36. The molecular formula is C21H23NO7. The van der Waals surface area contributed by atoms with Crippen LogP contribution in [0, 0.1) is 5.92 Å². The lowest BCUT2D eigenvalue weighted by molar-refractivity contribution is -0.00856. The number of carbonyl (C=O) groups is 2. The molecule has 1 N–H and O–H groups in total. The van der Waals surface area contributed by atoms with Crippen LogP contribution in [0.25, 0.3) is 5.57 Å². The molecule has 0 unspecified atom stereocenters. The fourth-order valence-electron chi connectivity index (χ4n) is 3.86. The van der Waals surface area contributed by atoms with E-state index in [0.717, 1.165) is 5.57 Å². The first-order chi connectivity index (χ1) is 14.0. The van der Waals surface area contributed by atoms with Gasteiger partial charge >= 0.3 is 12.1 Å². The van der Waals surface area contributed by atoms with Crippen molar-refractivity contribution in [1.82, 2.24) is 4.90 Å². The Kier molecular flexibility index (Phi) is 5.19. The molecule has 154 valence electrons. The Labute approximate surface area is 168 Å². The first kappa shape index (κ1) is 19.3. The molecule has 8 nitrogen and oxygen atoms in total. The number of nitrogens with zero attached hydrogens (tertiary/aromatic N) is 1. The highest BCUT2D eigenvalue weighted by atomic mass is 16.7. The minimum absolute atomic E-state index is 0.0148. The second-order valence-electron chi connectivity index (χ2n) is 7.34. The predicted molar refractivity (Wildman–Crippen MR) is 103 cm³/mol. The summed E-state index contributed by atoms with van der Waals surface area (Å²) < 4.78 is 21.3. The minimum Gasteiger partial charge on any atom is -0.454 e. The van der Waals surface area contributed by atoms with Crippen molar-refractivity contribution in [3.05, 3.63) is 42.0 Å². The molecule has 29 heavy (non-hydrogen) atoms. The van der Waals surface area contributed by atoms with Gasteiger partial charge in [0.2, 0.25) is 6.79 Å². The fourth-order valence-corrected chi connectivity index (χ4v) is 3.86. The van der Waals surface area contributed by atoms with Gasteiger partial charge in [-0.25, -0.2) is 9.59 Å². The molecule has 4 rings (SSSR count). The van der Waals surface area contributed by atoms with Gasteiger partial charge in [-0.05, 0) is 42.0 Å². The topological polar surface area (TPSA) is 94.5 Å². The molecule has 0 spiro atoms. The quantitative estimate of drug-likeness (QED) is 0.598. The lowest BCUT2D eigenvalue weighted by Gasteiger charge is -2.36. The Morgan fingerprint density at radius 1 is 1.34 bits per heavy atom. The van der Waals surface area contributed by atoms with Crippen molar-refractivity contribution in [2.75, 3.05) is 27.0 Å². The SMILES string of the molecule is C=CCOC(=O)N(C)CC[C@H]1C=C2c3cc4c(cc3C(=O)O[C@H]2[C@@H](O)C1)OCO4. The lowest BCUT2D eigenvalue weighted by atomic mass is 9.79. The normalized spacial score (nSPS) is 24.0. The van der Waals surface area contributed by atoms with Crippen molar-refractivity contribution < 1.29 is 33.6 Å². The summed E-state index contributed by atoms with van der Waals surface area (Å²) in [5.41, 5.74) is 1.85. The Hall–Kier alpha value is -3.00. The van der Waals surface area contributed by atoms with Crippen LogP contribution in [0.5, 0.6) is 11.5 Å². The second-order valence-corrected chi connectivity index (χ2v) is 7.34.